The second kappa shape index (κ2) is 2.76. The van der Waals surface area contributed by atoms with Crippen LogP contribution in [0, 0.1) is 6.92 Å². The number of ether oxygens (including phenoxy) is 1. The van der Waals surface area contributed by atoms with Gasteiger partial charge in [0.15, 0.2) is 6.73 Å². The lowest BCUT2D eigenvalue weighted by Crippen LogP contribution is -2.36. The molecular weight excluding hydrogens is 167 g/mol. The molecule has 0 fully saturated rings. The van der Waals surface area contributed by atoms with Crippen molar-refractivity contribution in [2.75, 3.05) is 6.73 Å². The predicted molar refractivity (Wildman–Crippen MR) is 46.4 cm³/mol. The van der Waals surface area contributed by atoms with Gasteiger partial charge in [0, 0.05) is 6.20 Å². The molecule has 1 amide bonds. The SMILES string of the molecule is [B]N1COc2ncc(C)cc2C1=O. The van der Waals surface area contributed by atoms with Gasteiger partial charge in [-0.1, -0.05) is 0 Å². The standard InChI is InChI=1S/C8H7BN2O2/c1-5-2-6-7(10-3-5)13-4-11(9)8(6)12/h2-3H,4H2,1H3. The summed E-state index contributed by atoms with van der Waals surface area (Å²) in [5, 5.41) is 0. The molecule has 1 aromatic heterocycles. The molecule has 0 unspecified atom stereocenters. The molecule has 4 nitrogen and oxygen atoms in total. The van der Waals surface area contributed by atoms with E-state index < -0.39 is 0 Å². The Hall–Kier alpha value is -1.52. The highest BCUT2D eigenvalue weighted by Gasteiger charge is 2.23. The molecule has 0 aliphatic carbocycles. The number of carbonyl (C=O) groups excluding carboxylic acids is 1. The molecule has 0 bridgehead atoms. The molecule has 1 aliphatic heterocycles. The van der Waals surface area contributed by atoms with E-state index in [0.717, 1.165) is 10.4 Å². The van der Waals surface area contributed by atoms with Crippen LogP contribution in [0.3, 0.4) is 0 Å². The van der Waals surface area contributed by atoms with E-state index >= 15 is 0 Å². The maximum atomic E-state index is 11.4. The zero-order valence-corrected chi connectivity index (χ0v) is 7.15. The maximum absolute atomic E-state index is 11.4. The quantitative estimate of drug-likeness (QED) is 0.530. The fraction of sp³-hybridized carbons (Fsp3) is 0.250. The Labute approximate surface area is 76.9 Å². The molecule has 1 aliphatic rings. The summed E-state index contributed by atoms with van der Waals surface area (Å²) < 4.78 is 5.13. The molecular formula is C8H7BN2O2. The first-order chi connectivity index (χ1) is 6.18. The zero-order valence-electron chi connectivity index (χ0n) is 7.15. The van der Waals surface area contributed by atoms with Crippen molar-refractivity contribution in [1.82, 2.24) is 9.79 Å². The van der Waals surface area contributed by atoms with Crippen molar-refractivity contribution in [1.29, 1.82) is 0 Å². The van der Waals surface area contributed by atoms with Crippen molar-refractivity contribution in [3.05, 3.63) is 23.4 Å². The minimum absolute atomic E-state index is 0.0574. The first-order valence-corrected chi connectivity index (χ1v) is 3.84. The number of amides is 1. The number of pyridine rings is 1. The maximum Gasteiger partial charge on any atom is 0.248 e. The van der Waals surface area contributed by atoms with E-state index in [0.29, 0.717) is 11.4 Å². The van der Waals surface area contributed by atoms with Gasteiger partial charge in [-0.15, -0.1) is 0 Å². The van der Waals surface area contributed by atoms with Crippen LogP contribution in [-0.4, -0.2) is 30.4 Å². The second-order valence-electron chi connectivity index (χ2n) is 2.91. The van der Waals surface area contributed by atoms with Gasteiger partial charge in [-0.2, -0.15) is 0 Å². The first-order valence-electron chi connectivity index (χ1n) is 3.84. The van der Waals surface area contributed by atoms with Crippen LogP contribution >= 0.6 is 0 Å². The number of hydrogen-bond acceptors (Lipinski definition) is 3. The molecule has 2 radical (unpaired) electrons. The summed E-state index contributed by atoms with van der Waals surface area (Å²) in [6.07, 6.45) is 1.65. The van der Waals surface area contributed by atoms with E-state index in [1.54, 1.807) is 12.3 Å². The van der Waals surface area contributed by atoms with Crippen LogP contribution in [0.4, 0.5) is 0 Å². The van der Waals surface area contributed by atoms with E-state index in [9.17, 15) is 4.79 Å². The zero-order chi connectivity index (χ0) is 9.42. The van der Waals surface area contributed by atoms with Gasteiger partial charge in [-0.05, 0) is 18.6 Å². The third-order valence-electron chi connectivity index (χ3n) is 1.82. The number of fused-ring (bicyclic) bond motifs is 1. The Bertz CT molecular complexity index is 367. The minimum Gasteiger partial charge on any atom is -0.457 e. The van der Waals surface area contributed by atoms with E-state index in [2.05, 4.69) is 4.98 Å². The molecule has 2 rings (SSSR count). The second-order valence-corrected chi connectivity index (χ2v) is 2.91. The third kappa shape index (κ3) is 1.26. The Morgan fingerprint density at radius 1 is 1.69 bits per heavy atom. The van der Waals surface area contributed by atoms with Gasteiger partial charge in [0.1, 0.15) is 5.56 Å². The summed E-state index contributed by atoms with van der Waals surface area (Å²) in [6, 6.07) is 1.71. The molecule has 5 heteroatoms. The van der Waals surface area contributed by atoms with Gasteiger partial charge in [0.05, 0.1) is 0 Å². The lowest BCUT2D eigenvalue weighted by Gasteiger charge is -2.24. The largest absolute Gasteiger partial charge is 0.457 e. The average Bonchev–Trinajstić information content (AvgIpc) is 2.12. The van der Waals surface area contributed by atoms with Crippen LogP contribution in [0.1, 0.15) is 15.9 Å². The molecule has 0 saturated heterocycles. The molecule has 0 N–H and O–H groups in total. The summed E-state index contributed by atoms with van der Waals surface area (Å²) in [5.74, 6) is 0.106. The van der Waals surface area contributed by atoms with Gasteiger partial charge in [0.2, 0.25) is 19.8 Å². The van der Waals surface area contributed by atoms with Gasteiger partial charge < -0.3 is 9.55 Å². The third-order valence-corrected chi connectivity index (χ3v) is 1.82. The fourth-order valence-corrected chi connectivity index (χ4v) is 1.17. The molecule has 0 saturated carbocycles. The van der Waals surface area contributed by atoms with E-state index in [1.807, 2.05) is 6.92 Å². The van der Waals surface area contributed by atoms with Crippen molar-refractivity contribution in [2.45, 2.75) is 6.92 Å². The van der Waals surface area contributed by atoms with Crippen LogP contribution < -0.4 is 4.74 Å². The lowest BCUT2D eigenvalue weighted by molar-refractivity contribution is 0.0713. The summed E-state index contributed by atoms with van der Waals surface area (Å²) in [4.78, 5) is 16.4. The summed E-state index contributed by atoms with van der Waals surface area (Å²) in [5.41, 5.74) is 1.33. The van der Waals surface area contributed by atoms with Gasteiger partial charge in [-0.3, -0.25) is 4.79 Å². The molecule has 2 heterocycles. The Kier molecular flexibility index (Phi) is 1.72. The first kappa shape index (κ1) is 8.10. The van der Waals surface area contributed by atoms with Crippen molar-refractivity contribution < 1.29 is 9.53 Å². The van der Waals surface area contributed by atoms with E-state index in [-0.39, 0.29) is 12.6 Å². The van der Waals surface area contributed by atoms with Crippen LogP contribution in [0.5, 0.6) is 5.88 Å². The summed E-state index contributed by atoms with van der Waals surface area (Å²) >= 11 is 0. The van der Waals surface area contributed by atoms with Crippen LogP contribution in [-0.2, 0) is 0 Å². The lowest BCUT2D eigenvalue weighted by atomic mass is 10.1. The van der Waals surface area contributed by atoms with E-state index in [4.69, 9.17) is 12.7 Å². The molecule has 0 spiro atoms. The normalized spacial score (nSPS) is 15.2. The average molecular weight is 174 g/mol. The van der Waals surface area contributed by atoms with Crippen LogP contribution in [0.25, 0.3) is 0 Å². The Morgan fingerprint density at radius 3 is 3.23 bits per heavy atom. The molecule has 0 aromatic carbocycles. The van der Waals surface area contributed by atoms with Gasteiger partial charge >= 0.3 is 0 Å². The number of nitrogens with zero attached hydrogens (tertiary/aromatic N) is 2. The number of aromatic nitrogens is 1. The number of hydrogen-bond donors (Lipinski definition) is 0. The number of aryl methyl sites for hydroxylation is 1. The van der Waals surface area contributed by atoms with Crippen molar-refractivity contribution in [3.8, 4) is 5.88 Å². The topological polar surface area (TPSA) is 42.4 Å². The number of carbonyl (C=O) groups is 1. The highest BCUT2D eigenvalue weighted by Crippen LogP contribution is 2.21. The monoisotopic (exact) mass is 174 g/mol. The highest BCUT2D eigenvalue weighted by atomic mass is 16.5. The highest BCUT2D eigenvalue weighted by molar-refractivity contribution is 6.19. The Balaban J connectivity index is 2.51. The molecule has 1 aromatic rings. The van der Waals surface area contributed by atoms with Crippen molar-refractivity contribution in [3.63, 3.8) is 0 Å². The molecule has 13 heavy (non-hydrogen) atoms. The Morgan fingerprint density at radius 2 is 2.46 bits per heavy atom. The fourth-order valence-electron chi connectivity index (χ4n) is 1.17. The van der Waals surface area contributed by atoms with Crippen molar-refractivity contribution in [2.24, 2.45) is 0 Å². The molecule has 0 atom stereocenters. The summed E-state index contributed by atoms with van der Waals surface area (Å²) in [6.45, 7) is 1.91. The van der Waals surface area contributed by atoms with Gasteiger partial charge in [-0.25, -0.2) is 4.98 Å². The smallest absolute Gasteiger partial charge is 0.248 e. The van der Waals surface area contributed by atoms with Crippen molar-refractivity contribution >= 4 is 13.9 Å². The predicted octanol–water partition coefficient (Wildman–Crippen LogP) is 0.266. The van der Waals surface area contributed by atoms with Gasteiger partial charge in [0.25, 0.3) is 0 Å². The van der Waals surface area contributed by atoms with E-state index in [1.165, 1.54) is 0 Å². The molecule has 64 valence electrons. The minimum atomic E-state index is -0.252. The van der Waals surface area contributed by atoms with Crippen LogP contribution in [0.15, 0.2) is 12.3 Å². The number of rotatable bonds is 0. The summed E-state index contributed by atoms with van der Waals surface area (Å²) in [7, 11) is 5.37. The van der Waals surface area contributed by atoms with Crippen LogP contribution in [0.2, 0.25) is 0 Å².